The second-order valence-electron chi connectivity index (χ2n) is 6.97. The van der Waals surface area contributed by atoms with E-state index in [-0.39, 0.29) is 5.43 Å². The summed E-state index contributed by atoms with van der Waals surface area (Å²) in [6, 6.07) is 16.2. The number of hydrogen-bond donors (Lipinski definition) is 2. The van der Waals surface area contributed by atoms with Gasteiger partial charge in [0, 0.05) is 34.9 Å². The summed E-state index contributed by atoms with van der Waals surface area (Å²) in [6.07, 6.45) is 1.12. The number of nitrogens with zero attached hydrogens (tertiary/aromatic N) is 1. The second-order valence-corrected chi connectivity index (χ2v) is 6.97. The number of aliphatic carboxylic acids is 2. The summed E-state index contributed by atoms with van der Waals surface area (Å²) in [5.41, 5.74) is 0.344. The van der Waals surface area contributed by atoms with Crippen LogP contribution in [0.4, 0.5) is 0 Å². The van der Waals surface area contributed by atoms with Crippen LogP contribution in [0.3, 0.4) is 0 Å². The molecule has 0 spiro atoms. The number of ether oxygens (including phenoxy) is 1. The normalized spacial score (nSPS) is 10.7. The summed E-state index contributed by atoms with van der Waals surface area (Å²) in [6.45, 7) is 0.955. The molecule has 0 heterocycles. The van der Waals surface area contributed by atoms with Crippen molar-refractivity contribution in [3.63, 3.8) is 0 Å². The van der Waals surface area contributed by atoms with Crippen LogP contribution in [-0.4, -0.2) is 60.3 Å². The maximum atomic E-state index is 12.8. The third-order valence-electron chi connectivity index (χ3n) is 4.33. The third kappa shape index (κ3) is 6.75. The molecule has 32 heavy (non-hydrogen) atoms. The Kier molecular flexibility index (Phi) is 8.62. The Labute approximate surface area is 184 Å². The van der Waals surface area contributed by atoms with E-state index in [9.17, 15) is 19.2 Å². The summed E-state index contributed by atoms with van der Waals surface area (Å²) >= 11 is 0. The lowest BCUT2D eigenvalue weighted by molar-refractivity contribution is -0.134. The van der Waals surface area contributed by atoms with Gasteiger partial charge in [0.1, 0.15) is 6.61 Å². The molecule has 0 saturated carbocycles. The van der Waals surface area contributed by atoms with Crippen LogP contribution in [-0.2, 0) is 14.3 Å². The number of carboxylic acids is 2. The van der Waals surface area contributed by atoms with Gasteiger partial charge in [-0.1, -0.05) is 48.5 Å². The highest BCUT2D eigenvalue weighted by Crippen LogP contribution is 2.21. The van der Waals surface area contributed by atoms with Gasteiger partial charge in [-0.25, -0.2) is 14.4 Å². The first-order chi connectivity index (χ1) is 15.2. The van der Waals surface area contributed by atoms with Gasteiger partial charge in [0.25, 0.3) is 0 Å². The van der Waals surface area contributed by atoms with E-state index in [0.717, 1.165) is 5.39 Å². The van der Waals surface area contributed by atoms with E-state index in [2.05, 4.69) is 0 Å². The van der Waals surface area contributed by atoms with Crippen molar-refractivity contribution in [2.45, 2.75) is 0 Å². The minimum Gasteiger partial charge on any atom is -0.478 e. The van der Waals surface area contributed by atoms with Crippen LogP contribution in [0.25, 0.3) is 21.5 Å². The number of esters is 1. The number of rotatable bonds is 6. The van der Waals surface area contributed by atoms with E-state index in [1.807, 2.05) is 43.3 Å². The SMILES string of the molecule is CN(C)CCOC(=O)c1cc2ccccc2c(=O)c2ccccc12.O=C(O)/C=C/C(=O)O. The number of carbonyl (C=O) groups is 3. The molecule has 8 heteroatoms. The predicted octanol–water partition coefficient (Wildman–Crippen LogP) is 2.78. The second kappa shape index (κ2) is 11.4. The van der Waals surface area contributed by atoms with Gasteiger partial charge in [-0.05, 0) is 25.5 Å². The molecule has 166 valence electrons. The average molecular weight is 437 g/mol. The van der Waals surface area contributed by atoms with Gasteiger partial charge in [-0.2, -0.15) is 0 Å². The van der Waals surface area contributed by atoms with Crippen LogP contribution >= 0.6 is 0 Å². The van der Waals surface area contributed by atoms with Crippen molar-refractivity contribution < 1.29 is 29.3 Å². The van der Waals surface area contributed by atoms with E-state index >= 15 is 0 Å². The lowest BCUT2D eigenvalue weighted by Gasteiger charge is -2.10. The Morgan fingerprint density at radius 3 is 1.97 bits per heavy atom. The van der Waals surface area contributed by atoms with Crippen molar-refractivity contribution in [2.24, 2.45) is 0 Å². The fraction of sp³-hybridized carbons (Fsp3) is 0.167. The number of benzene rings is 2. The van der Waals surface area contributed by atoms with Gasteiger partial charge in [0.2, 0.25) is 0 Å². The summed E-state index contributed by atoms with van der Waals surface area (Å²) < 4.78 is 5.39. The van der Waals surface area contributed by atoms with E-state index in [1.54, 1.807) is 30.3 Å². The molecular formula is C24H23NO7. The van der Waals surface area contributed by atoms with Gasteiger partial charge in [-0.15, -0.1) is 0 Å². The molecular weight excluding hydrogens is 414 g/mol. The van der Waals surface area contributed by atoms with Crippen LogP contribution < -0.4 is 5.43 Å². The predicted molar refractivity (Wildman–Crippen MR) is 121 cm³/mol. The molecule has 0 radical (unpaired) electrons. The van der Waals surface area contributed by atoms with Crippen molar-refractivity contribution in [3.05, 3.63) is 82.5 Å². The number of hydrogen-bond acceptors (Lipinski definition) is 6. The smallest absolute Gasteiger partial charge is 0.338 e. The van der Waals surface area contributed by atoms with Crippen molar-refractivity contribution in [3.8, 4) is 0 Å². The maximum Gasteiger partial charge on any atom is 0.338 e. The number of likely N-dealkylation sites (N-methyl/N-ethyl adjacent to an activating group) is 1. The molecule has 0 aliphatic heterocycles. The Bertz CT molecular complexity index is 1220. The van der Waals surface area contributed by atoms with Crippen LogP contribution in [0.2, 0.25) is 0 Å². The van der Waals surface area contributed by atoms with Gasteiger partial charge in [-0.3, -0.25) is 4.79 Å². The zero-order valence-electron chi connectivity index (χ0n) is 17.6. The minimum absolute atomic E-state index is 0.0754. The van der Waals surface area contributed by atoms with Gasteiger partial charge in [0.15, 0.2) is 5.43 Å². The molecule has 0 atom stereocenters. The molecule has 3 aromatic rings. The molecule has 0 aromatic heterocycles. The molecule has 0 unspecified atom stereocenters. The molecule has 0 amide bonds. The zero-order valence-corrected chi connectivity index (χ0v) is 17.6. The molecule has 8 nitrogen and oxygen atoms in total. The number of fused-ring (bicyclic) bond motifs is 2. The fourth-order valence-electron chi connectivity index (χ4n) is 2.83. The standard InChI is InChI=1S/C20H19NO3.C4H4O4/c1-21(2)11-12-24-20(23)18-13-14-7-3-4-8-15(14)19(22)17-10-6-5-9-16(17)18;5-3(6)1-2-4(7)8/h3-10,13H,11-12H2,1-2H3;1-2H,(H,5,6)(H,7,8)/b;2-1+. The van der Waals surface area contributed by atoms with Gasteiger partial charge in [0.05, 0.1) is 5.56 Å². The van der Waals surface area contributed by atoms with Crippen LogP contribution in [0.15, 0.2) is 71.5 Å². The molecule has 0 bridgehead atoms. The summed E-state index contributed by atoms with van der Waals surface area (Å²) in [7, 11) is 3.84. The highest BCUT2D eigenvalue weighted by atomic mass is 16.5. The zero-order chi connectivity index (χ0) is 23.7. The van der Waals surface area contributed by atoms with Crippen LogP contribution in [0, 0.1) is 0 Å². The summed E-state index contributed by atoms with van der Waals surface area (Å²) in [5, 5.41) is 18.1. The lowest BCUT2D eigenvalue weighted by Crippen LogP contribution is -2.20. The van der Waals surface area contributed by atoms with E-state index in [0.29, 0.717) is 47.0 Å². The highest BCUT2D eigenvalue weighted by molar-refractivity contribution is 6.07. The number of carbonyl (C=O) groups excluding carboxylic acids is 1. The summed E-state index contributed by atoms with van der Waals surface area (Å²) in [5.74, 6) is -2.92. The Hall–Kier alpha value is -4.04. The lowest BCUT2D eigenvalue weighted by atomic mass is 10.1. The summed E-state index contributed by atoms with van der Waals surface area (Å²) in [4.78, 5) is 46.5. The average Bonchev–Trinajstić information content (AvgIpc) is 2.88. The first kappa shape index (κ1) is 24.2. The minimum atomic E-state index is -1.26. The molecule has 3 rings (SSSR count). The van der Waals surface area contributed by atoms with Crippen molar-refractivity contribution >= 4 is 39.5 Å². The van der Waals surface area contributed by atoms with E-state index in [1.165, 1.54) is 0 Å². The molecule has 0 aliphatic carbocycles. The van der Waals surface area contributed by atoms with Gasteiger partial charge < -0.3 is 19.8 Å². The molecule has 0 aliphatic rings. The van der Waals surface area contributed by atoms with Crippen molar-refractivity contribution in [1.29, 1.82) is 0 Å². The van der Waals surface area contributed by atoms with Crippen molar-refractivity contribution in [1.82, 2.24) is 4.90 Å². The van der Waals surface area contributed by atoms with Crippen LogP contribution in [0.1, 0.15) is 10.4 Å². The number of carboxylic acid groups (broad SMARTS) is 2. The monoisotopic (exact) mass is 437 g/mol. The van der Waals surface area contributed by atoms with Crippen molar-refractivity contribution in [2.75, 3.05) is 27.2 Å². The largest absolute Gasteiger partial charge is 0.478 e. The fourth-order valence-corrected chi connectivity index (χ4v) is 2.83. The molecule has 0 fully saturated rings. The highest BCUT2D eigenvalue weighted by Gasteiger charge is 2.14. The van der Waals surface area contributed by atoms with Crippen LogP contribution in [0.5, 0.6) is 0 Å². The third-order valence-corrected chi connectivity index (χ3v) is 4.33. The Balaban J connectivity index is 0.000000390. The molecule has 2 N–H and O–H groups in total. The molecule has 3 aromatic carbocycles. The first-order valence-electron chi connectivity index (χ1n) is 9.61. The first-order valence-corrected chi connectivity index (χ1v) is 9.61. The molecule has 0 saturated heterocycles. The maximum absolute atomic E-state index is 12.8. The van der Waals surface area contributed by atoms with Gasteiger partial charge >= 0.3 is 17.9 Å². The quantitative estimate of drug-likeness (QED) is 0.446. The van der Waals surface area contributed by atoms with E-state index < -0.39 is 17.9 Å². The van der Waals surface area contributed by atoms with E-state index in [4.69, 9.17) is 14.9 Å². The topological polar surface area (TPSA) is 121 Å². The Morgan fingerprint density at radius 1 is 0.875 bits per heavy atom. The Morgan fingerprint density at radius 2 is 1.41 bits per heavy atom.